The fourth-order valence-electron chi connectivity index (χ4n) is 2.87. The van der Waals surface area contributed by atoms with Crippen LogP contribution < -0.4 is 0 Å². The van der Waals surface area contributed by atoms with Gasteiger partial charge in [-0.15, -0.1) is 11.8 Å². The topological polar surface area (TPSA) is 36.3 Å². The second-order valence-electron chi connectivity index (χ2n) is 5.50. The monoisotopic (exact) mass is 304 g/mol. The smallest absolute Gasteiger partial charge is 0.285 e. The molecule has 1 N–H and O–H groups in total. The van der Waals surface area contributed by atoms with Crippen LogP contribution in [0.2, 0.25) is 0 Å². The summed E-state index contributed by atoms with van der Waals surface area (Å²) < 4.78 is 5.58. The molecule has 0 atom stereocenters. The molecule has 0 saturated carbocycles. The maximum atomic E-state index is 8.25. The molecule has 0 spiro atoms. The zero-order valence-electron chi connectivity index (χ0n) is 13.3. The minimum Gasteiger partial charge on any atom is -0.464 e. The van der Waals surface area contributed by atoms with Crippen molar-refractivity contribution in [3.05, 3.63) is 59.7 Å². The number of rotatable bonds is 2. The molecule has 2 aromatic rings. The number of ether oxygens (including phenoxy) is 1. The summed E-state index contributed by atoms with van der Waals surface area (Å²) in [6, 6.07) is 17.0. The average molecular weight is 304 g/mol. The Bertz CT molecular complexity index is 723. The van der Waals surface area contributed by atoms with Crippen molar-refractivity contribution in [1.82, 2.24) is 4.90 Å². The van der Waals surface area contributed by atoms with Crippen LogP contribution in [0.3, 0.4) is 0 Å². The van der Waals surface area contributed by atoms with Crippen molar-refractivity contribution in [3.63, 3.8) is 0 Å². The number of fused-ring (bicyclic) bond motifs is 3. The lowest BCUT2D eigenvalue weighted by molar-refractivity contribution is 0.225. The van der Waals surface area contributed by atoms with Crippen LogP contribution >= 0.6 is 0 Å². The molecule has 0 fully saturated rings. The Morgan fingerprint density at radius 2 is 1.61 bits per heavy atom. The first-order valence-electron chi connectivity index (χ1n) is 7.81. The second kappa shape index (κ2) is 7.02. The molecule has 0 bridgehead atoms. The van der Waals surface area contributed by atoms with Gasteiger partial charge in [-0.2, -0.15) is 0 Å². The van der Waals surface area contributed by atoms with Gasteiger partial charge < -0.3 is 9.64 Å². The normalized spacial score (nSPS) is 12.3. The van der Waals surface area contributed by atoms with Gasteiger partial charge in [0.15, 0.2) is 0 Å². The van der Waals surface area contributed by atoms with Crippen LogP contribution in [0.1, 0.15) is 24.5 Å². The third-order valence-corrected chi connectivity index (χ3v) is 3.98. The highest BCUT2D eigenvalue weighted by Gasteiger charge is 2.21. The van der Waals surface area contributed by atoms with Crippen molar-refractivity contribution in [2.24, 2.45) is 0 Å². The molecule has 3 nitrogen and oxygen atoms in total. The van der Waals surface area contributed by atoms with Gasteiger partial charge >= 0.3 is 0 Å². The Hall–Kier alpha value is -2.73. The molecule has 2 aromatic carbocycles. The van der Waals surface area contributed by atoms with Crippen LogP contribution in [0.4, 0.5) is 0 Å². The summed E-state index contributed by atoms with van der Waals surface area (Å²) in [5.41, 5.74) is 4.93. The van der Waals surface area contributed by atoms with Crippen molar-refractivity contribution in [3.8, 4) is 23.0 Å². The third-order valence-electron chi connectivity index (χ3n) is 3.98. The van der Waals surface area contributed by atoms with E-state index in [9.17, 15) is 0 Å². The quantitative estimate of drug-likeness (QED) is 0.393. The van der Waals surface area contributed by atoms with Gasteiger partial charge in [0.1, 0.15) is 6.61 Å². The highest BCUT2D eigenvalue weighted by Crippen LogP contribution is 2.32. The lowest BCUT2D eigenvalue weighted by Gasteiger charge is -2.23. The summed E-state index contributed by atoms with van der Waals surface area (Å²) in [5, 5.41) is 8.25. The van der Waals surface area contributed by atoms with Crippen LogP contribution in [-0.4, -0.2) is 17.5 Å². The Morgan fingerprint density at radius 1 is 1.04 bits per heavy atom. The Morgan fingerprint density at radius 3 is 2.17 bits per heavy atom. The van der Waals surface area contributed by atoms with Gasteiger partial charge in [-0.1, -0.05) is 48.5 Å². The minimum absolute atomic E-state index is 0.217. The van der Waals surface area contributed by atoms with Gasteiger partial charge in [0.25, 0.3) is 6.02 Å². The number of nitrogens with zero attached hydrogens (tertiary/aromatic N) is 1. The maximum Gasteiger partial charge on any atom is 0.285 e. The molecule has 0 unspecified atom stereocenters. The van der Waals surface area contributed by atoms with Crippen LogP contribution in [0.25, 0.3) is 11.1 Å². The van der Waals surface area contributed by atoms with Crippen LogP contribution in [0.15, 0.2) is 48.5 Å². The number of nitrogens with one attached hydrogen (secondary N) is 1. The van der Waals surface area contributed by atoms with Gasteiger partial charge in [-0.25, -0.2) is 0 Å². The zero-order chi connectivity index (χ0) is 16.1. The summed E-state index contributed by atoms with van der Waals surface area (Å²) in [5.74, 6) is 5.80. The molecule has 1 heterocycles. The van der Waals surface area contributed by atoms with Gasteiger partial charge in [0, 0.05) is 19.5 Å². The van der Waals surface area contributed by atoms with E-state index in [1.165, 1.54) is 22.3 Å². The standard InChI is InChI=1S/C20H20N2O/c1-2-3-8-13-23-20(21)22-14-16-9-4-6-11-18(16)19-12-7-5-10-17(19)15-22/h4-7,9-12,21H,8,13-15H2,1H3. The zero-order valence-corrected chi connectivity index (χ0v) is 13.3. The molecule has 0 saturated heterocycles. The number of hydrogen-bond donors (Lipinski definition) is 1. The van der Waals surface area contributed by atoms with E-state index in [0.717, 1.165) is 0 Å². The Kier molecular flexibility index (Phi) is 4.63. The second-order valence-corrected chi connectivity index (χ2v) is 5.50. The van der Waals surface area contributed by atoms with Crippen LogP contribution in [-0.2, 0) is 17.8 Å². The predicted molar refractivity (Wildman–Crippen MR) is 92.9 cm³/mol. The van der Waals surface area contributed by atoms with Gasteiger partial charge in [-0.3, -0.25) is 5.41 Å². The van der Waals surface area contributed by atoms with E-state index in [-0.39, 0.29) is 6.02 Å². The molecule has 1 aliphatic rings. The SMILES string of the molecule is CC#CCCOC(=N)N1Cc2ccccc2-c2ccccc2C1. The van der Waals surface area contributed by atoms with E-state index >= 15 is 0 Å². The van der Waals surface area contributed by atoms with Crippen molar-refractivity contribution >= 4 is 6.02 Å². The highest BCUT2D eigenvalue weighted by molar-refractivity contribution is 5.76. The first-order valence-corrected chi connectivity index (χ1v) is 7.81. The maximum absolute atomic E-state index is 8.25. The molecular weight excluding hydrogens is 284 g/mol. The third kappa shape index (κ3) is 3.37. The first kappa shape index (κ1) is 15.2. The van der Waals surface area contributed by atoms with E-state index in [0.29, 0.717) is 26.1 Å². The molecule has 3 rings (SSSR count). The molecule has 116 valence electrons. The van der Waals surface area contributed by atoms with Gasteiger partial charge in [0.2, 0.25) is 0 Å². The van der Waals surface area contributed by atoms with Gasteiger partial charge in [-0.05, 0) is 29.2 Å². The molecule has 3 heteroatoms. The first-order chi connectivity index (χ1) is 11.3. The summed E-state index contributed by atoms with van der Waals surface area (Å²) in [6.45, 7) is 3.64. The number of hydrogen-bond acceptors (Lipinski definition) is 2. The van der Waals surface area contributed by atoms with E-state index < -0.39 is 0 Å². The average Bonchev–Trinajstić information content (AvgIpc) is 2.75. The van der Waals surface area contributed by atoms with E-state index in [4.69, 9.17) is 10.1 Å². The molecule has 0 amide bonds. The molecule has 23 heavy (non-hydrogen) atoms. The van der Waals surface area contributed by atoms with Crippen molar-refractivity contribution in [2.45, 2.75) is 26.4 Å². The largest absolute Gasteiger partial charge is 0.464 e. The van der Waals surface area contributed by atoms with E-state index in [2.05, 4.69) is 48.2 Å². The lowest BCUT2D eigenvalue weighted by atomic mass is 9.97. The number of amidine groups is 1. The van der Waals surface area contributed by atoms with Crippen molar-refractivity contribution in [1.29, 1.82) is 5.41 Å². The molecular formula is C20H20N2O. The fraction of sp³-hybridized carbons (Fsp3) is 0.250. The Balaban J connectivity index is 1.85. The van der Waals surface area contributed by atoms with Crippen LogP contribution in [0.5, 0.6) is 0 Å². The van der Waals surface area contributed by atoms with E-state index in [1.807, 2.05) is 24.0 Å². The van der Waals surface area contributed by atoms with E-state index in [1.54, 1.807) is 0 Å². The van der Waals surface area contributed by atoms with Crippen molar-refractivity contribution < 1.29 is 4.74 Å². The minimum atomic E-state index is 0.217. The molecule has 0 radical (unpaired) electrons. The molecule has 0 aromatic heterocycles. The molecule has 1 aliphatic heterocycles. The van der Waals surface area contributed by atoms with Crippen molar-refractivity contribution in [2.75, 3.05) is 6.61 Å². The summed E-state index contributed by atoms with van der Waals surface area (Å²) in [7, 11) is 0. The van der Waals surface area contributed by atoms with Crippen LogP contribution in [0, 0.1) is 17.3 Å². The number of benzene rings is 2. The summed E-state index contributed by atoms with van der Waals surface area (Å²) in [4.78, 5) is 1.98. The lowest BCUT2D eigenvalue weighted by Crippen LogP contribution is -2.31. The van der Waals surface area contributed by atoms with Gasteiger partial charge in [0.05, 0.1) is 0 Å². The predicted octanol–water partition coefficient (Wildman–Crippen LogP) is 4.03. The fourth-order valence-corrected chi connectivity index (χ4v) is 2.87. The molecule has 0 aliphatic carbocycles. The summed E-state index contributed by atoms with van der Waals surface area (Å²) >= 11 is 0. The summed E-state index contributed by atoms with van der Waals surface area (Å²) in [6.07, 6.45) is 0.653. The Labute approximate surface area is 137 Å². The highest BCUT2D eigenvalue weighted by atomic mass is 16.5.